The molecule has 0 aliphatic heterocycles. The first-order valence-electron chi connectivity index (χ1n) is 6.28. The Hall–Kier alpha value is -1.69. The number of methoxy groups -OCH3 is 1. The molecule has 3 nitrogen and oxygen atoms in total. The number of hydrazine groups is 1. The van der Waals surface area contributed by atoms with Crippen molar-refractivity contribution in [1.82, 2.24) is 5.43 Å². The van der Waals surface area contributed by atoms with Crippen molar-refractivity contribution in [3.63, 3.8) is 0 Å². The van der Waals surface area contributed by atoms with Crippen molar-refractivity contribution >= 4 is 11.6 Å². The van der Waals surface area contributed by atoms with Crippen LogP contribution in [0.15, 0.2) is 36.4 Å². The minimum Gasteiger partial charge on any atom is -0.494 e. The Morgan fingerprint density at radius 3 is 2.52 bits per heavy atom. The van der Waals surface area contributed by atoms with Gasteiger partial charge in [-0.05, 0) is 41.8 Å². The predicted octanol–water partition coefficient (Wildman–Crippen LogP) is 3.37. The number of rotatable bonds is 5. The maximum Gasteiger partial charge on any atom is 0.165 e. The summed E-state index contributed by atoms with van der Waals surface area (Å²) >= 11 is 5.64. The molecule has 0 radical (unpaired) electrons. The van der Waals surface area contributed by atoms with Gasteiger partial charge in [-0.25, -0.2) is 8.78 Å². The zero-order valence-corrected chi connectivity index (χ0v) is 12.1. The molecule has 0 fully saturated rings. The molecule has 0 spiro atoms. The molecule has 112 valence electrons. The standard InChI is InChI=1S/C15H15ClF2N2O/c1-21-15-5-3-10(8-13(15)18)14(20-19)7-9-2-4-11(16)12(17)6-9/h2-6,8,14,20H,7,19H2,1H3. The van der Waals surface area contributed by atoms with E-state index < -0.39 is 11.6 Å². The summed E-state index contributed by atoms with van der Waals surface area (Å²) in [5, 5.41) is 0.0616. The Morgan fingerprint density at radius 2 is 1.95 bits per heavy atom. The van der Waals surface area contributed by atoms with E-state index in [0.29, 0.717) is 17.5 Å². The van der Waals surface area contributed by atoms with Gasteiger partial charge in [0.25, 0.3) is 0 Å². The molecule has 0 amide bonds. The third kappa shape index (κ3) is 3.69. The first-order chi connectivity index (χ1) is 10.0. The molecule has 0 aliphatic rings. The summed E-state index contributed by atoms with van der Waals surface area (Å²) in [4.78, 5) is 0. The van der Waals surface area contributed by atoms with Crippen LogP contribution in [-0.2, 0) is 6.42 Å². The summed E-state index contributed by atoms with van der Waals surface area (Å²) in [6, 6.07) is 8.74. The highest BCUT2D eigenvalue weighted by atomic mass is 35.5. The molecule has 2 aromatic carbocycles. The maximum atomic E-state index is 13.7. The Balaban J connectivity index is 2.23. The zero-order valence-electron chi connectivity index (χ0n) is 11.4. The molecule has 0 heterocycles. The first-order valence-corrected chi connectivity index (χ1v) is 6.66. The second-order valence-electron chi connectivity index (χ2n) is 4.57. The molecule has 0 aliphatic carbocycles. The topological polar surface area (TPSA) is 47.3 Å². The molecule has 2 aromatic rings. The molecule has 3 N–H and O–H groups in total. The smallest absolute Gasteiger partial charge is 0.165 e. The number of ether oxygens (including phenoxy) is 1. The maximum absolute atomic E-state index is 13.7. The molecular weight excluding hydrogens is 298 g/mol. The van der Waals surface area contributed by atoms with Crippen molar-refractivity contribution in [1.29, 1.82) is 0 Å². The molecule has 1 unspecified atom stereocenters. The minimum atomic E-state index is -0.495. The molecule has 21 heavy (non-hydrogen) atoms. The number of halogens is 3. The SMILES string of the molecule is COc1ccc(C(Cc2ccc(Cl)c(F)c2)NN)cc1F. The van der Waals surface area contributed by atoms with Gasteiger partial charge in [-0.15, -0.1) is 0 Å². The average molecular weight is 313 g/mol. The third-order valence-corrected chi connectivity index (χ3v) is 3.51. The lowest BCUT2D eigenvalue weighted by Crippen LogP contribution is -2.29. The lowest BCUT2D eigenvalue weighted by molar-refractivity contribution is 0.385. The Labute approximate surface area is 126 Å². The van der Waals surface area contributed by atoms with Crippen LogP contribution in [0.1, 0.15) is 17.2 Å². The zero-order chi connectivity index (χ0) is 15.4. The van der Waals surface area contributed by atoms with E-state index in [9.17, 15) is 8.78 Å². The van der Waals surface area contributed by atoms with Gasteiger partial charge in [0.05, 0.1) is 18.2 Å². The summed E-state index contributed by atoms with van der Waals surface area (Å²) in [7, 11) is 1.40. The molecule has 1 atom stereocenters. The predicted molar refractivity (Wildman–Crippen MR) is 78.1 cm³/mol. The quantitative estimate of drug-likeness (QED) is 0.657. The third-order valence-electron chi connectivity index (χ3n) is 3.20. The van der Waals surface area contributed by atoms with Gasteiger partial charge in [0.1, 0.15) is 5.82 Å². The number of benzene rings is 2. The van der Waals surface area contributed by atoms with Crippen molar-refractivity contribution in [3.8, 4) is 5.75 Å². The highest BCUT2D eigenvalue weighted by molar-refractivity contribution is 6.30. The molecule has 0 bridgehead atoms. The Bertz CT molecular complexity index is 637. The van der Waals surface area contributed by atoms with Crippen LogP contribution in [0.5, 0.6) is 5.75 Å². The summed E-state index contributed by atoms with van der Waals surface area (Å²) < 4.78 is 32.0. The fourth-order valence-electron chi connectivity index (χ4n) is 2.07. The normalized spacial score (nSPS) is 12.2. The monoisotopic (exact) mass is 312 g/mol. The fraction of sp³-hybridized carbons (Fsp3) is 0.200. The molecular formula is C15H15ClF2N2O. The van der Waals surface area contributed by atoms with Gasteiger partial charge in [-0.1, -0.05) is 23.7 Å². The van der Waals surface area contributed by atoms with Crippen LogP contribution in [0.4, 0.5) is 8.78 Å². The molecule has 6 heteroatoms. The van der Waals surface area contributed by atoms with E-state index in [1.807, 2.05) is 0 Å². The second-order valence-corrected chi connectivity index (χ2v) is 4.97. The Kier molecular flexibility index (Phi) is 5.12. The van der Waals surface area contributed by atoms with Crippen LogP contribution in [0.3, 0.4) is 0 Å². The van der Waals surface area contributed by atoms with Gasteiger partial charge in [-0.3, -0.25) is 11.3 Å². The Morgan fingerprint density at radius 1 is 1.19 bits per heavy atom. The van der Waals surface area contributed by atoms with Crippen LogP contribution in [0.2, 0.25) is 5.02 Å². The highest BCUT2D eigenvalue weighted by Crippen LogP contribution is 2.25. The highest BCUT2D eigenvalue weighted by Gasteiger charge is 2.14. The lowest BCUT2D eigenvalue weighted by atomic mass is 9.99. The van der Waals surface area contributed by atoms with Crippen LogP contribution in [0.25, 0.3) is 0 Å². The van der Waals surface area contributed by atoms with Gasteiger partial charge in [-0.2, -0.15) is 0 Å². The summed E-state index contributed by atoms with van der Waals surface area (Å²) in [5.74, 6) is 4.71. The van der Waals surface area contributed by atoms with Crippen LogP contribution < -0.4 is 16.0 Å². The molecule has 2 rings (SSSR count). The fourth-order valence-corrected chi connectivity index (χ4v) is 2.19. The van der Waals surface area contributed by atoms with Crippen molar-refractivity contribution in [2.45, 2.75) is 12.5 Å². The van der Waals surface area contributed by atoms with Crippen LogP contribution in [0, 0.1) is 11.6 Å². The number of hydrogen-bond donors (Lipinski definition) is 2. The van der Waals surface area contributed by atoms with E-state index >= 15 is 0 Å². The van der Waals surface area contributed by atoms with E-state index in [0.717, 1.165) is 0 Å². The second kappa shape index (κ2) is 6.85. The number of nitrogens with two attached hydrogens (primary N) is 1. The van der Waals surface area contributed by atoms with Gasteiger partial charge in [0.2, 0.25) is 0 Å². The van der Waals surface area contributed by atoms with Crippen molar-refractivity contribution in [2.24, 2.45) is 5.84 Å². The lowest BCUT2D eigenvalue weighted by Gasteiger charge is -2.17. The minimum absolute atomic E-state index is 0.0616. The van der Waals surface area contributed by atoms with Gasteiger partial charge in [0.15, 0.2) is 11.6 Å². The summed E-state index contributed by atoms with van der Waals surface area (Å²) in [6.45, 7) is 0. The summed E-state index contributed by atoms with van der Waals surface area (Å²) in [5.41, 5.74) is 3.95. The van der Waals surface area contributed by atoms with Crippen molar-refractivity contribution in [3.05, 3.63) is 64.2 Å². The van der Waals surface area contributed by atoms with E-state index in [1.165, 1.54) is 31.4 Å². The number of nitrogens with one attached hydrogen (secondary N) is 1. The number of hydrogen-bond acceptors (Lipinski definition) is 3. The summed E-state index contributed by atoms with van der Waals surface area (Å²) in [6.07, 6.45) is 0.399. The van der Waals surface area contributed by atoms with Crippen molar-refractivity contribution < 1.29 is 13.5 Å². The van der Waals surface area contributed by atoms with E-state index in [1.54, 1.807) is 12.1 Å². The van der Waals surface area contributed by atoms with E-state index in [2.05, 4.69) is 5.43 Å². The van der Waals surface area contributed by atoms with E-state index in [-0.39, 0.29) is 16.8 Å². The van der Waals surface area contributed by atoms with E-state index in [4.69, 9.17) is 22.2 Å². The van der Waals surface area contributed by atoms with Crippen molar-refractivity contribution in [2.75, 3.05) is 7.11 Å². The molecule has 0 saturated heterocycles. The first kappa shape index (κ1) is 15.7. The largest absolute Gasteiger partial charge is 0.494 e. The van der Waals surface area contributed by atoms with Crippen LogP contribution in [-0.4, -0.2) is 7.11 Å². The van der Waals surface area contributed by atoms with Gasteiger partial charge < -0.3 is 4.74 Å². The van der Waals surface area contributed by atoms with Gasteiger partial charge >= 0.3 is 0 Å². The van der Waals surface area contributed by atoms with Gasteiger partial charge in [0, 0.05) is 0 Å². The average Bonchev–Trinajstić information content (AvgIpc) is 2.48. The molecule has 0 saturated carbocycles. The van der Waals surface area contributed by atoms with Crippen LogP contribution >= 0.6 is 11.6 Å². The molecule has 0 aromatic heterocycles.